The molecule has 5 aromatic rings. The predicted molar refractivity (Wildman–Crippen MR) is 142 cm³/mol. The second kappa shape index (κ2) is 10.5. The van der Waals surface area contributed by atoms with Gasteiger partial charge in [0.2, 0.25) is 0 Å². The zero-order chi connectivity index (χ0) is 24.5. The average Bonchev–Trinajstić information content (AvgIpc) is 2.91. The molecule has 0 bridgehead atoms. The molecular weight excluding hydrogens is 519 g/mol. The molecule has 0 aromatic heterocycles. The molecule has 0 atom stereocenters. The van der Waals surface area contributed by atoms with E-state index in [1.54, 1.807) is 0 Å². The van der Waals surface area contributed by atoms with Crippen LogP contribution in [0.2, 0.25) is 0 Å². The molecule has 0 saturated heterocycles. The van der Waals surface area contributed by atoms with Crippen molar-refractivity contribution >= 4 is 13.4 Å². The molecule has 5 nitrogen and oxygen atoms in total. The third-order valence-corrected chi connectivity index (χ3v) is 10.3. The second-order valence-electron chi connectivity index (χ2n) is 7.77. The summed E-state index contributed by atoms with van der Waals surface area (Å²) in [6.45, 7) is 0. The molecule has 0 aliphatic rings. The molecule has 5 aromatic carbocycles. The summed E-state index contributed by atoms with van der Waals surface area (Å²) >= 11 is -5.84. The first-order valence-corrected chi connectivity index (χ1v) is 15.3. The van der Waals surface area contributed by atoms with Gasteiger partial charge < -0.3 is 0 Å². The van der Waals surface area contributed by atoms with Crippen LogP contribution in [-0.4, -0.2) is 13.4 Å². The first-order valence-electron chi connectivity index (χ1n) is 11.5. The van der Waals surface area contributed by atoms with Crippen LogP contribution in [0, 0.1) is 0 Å². The fraction of sp³-hybridized carbons (Fsp3) is 0. The summed E-state index contributed by atoms with van der Waals surface area (Å²) in [6, 6.07) is 46.3. The summed E-state index contributed by atoms with van der Waals surface area (Å²) < 4.78 is 33.5. The van der Waals surface area contributed by atoms with E-state index in [0.29, 0.717) is 28.7 Å². The Labute approximate surface area is 212 Å². The normalized spacial score (nSPS) is 11.9. The first kappa shape index (κ1) is 23.4. The Morgan fingerprint density at radius 1 is 0.250 bits per heavy atom. The number of hydrogen-bond donors (Lipinski definition) is 0. The van der Waals surface area contributed by atoms with Gasteiger partial charge in [0.15, 0.2) is 0 Å². The van der Waals surface area contributed by atoms with Crippen molar-refractivity contribution in [1.82, 2.24) is 0 Å². The maximum atomic E-state index is 6.70. The molecule has 0 aliphatic heterocycles. The van der Waals surface area contributed by atoms with Gasteiger partial charge in [0.25, 0.3) is 0 Å². The Kier molecular flexibility index (Phi) is 6.80. The van der Waals surface area contributed by atoms with Crippen molar-refractivity contribution in [1.29, 1.82) is 0 Å². The van der Waals surface area contributed by atoms with E-state index < -0.39 is 13.4 Å². The predicted octanol–water partition coefficient (Wildman–Crippen LogP) is 7.00. The maximum absolute atomic E-state index is 6.70. The molecule has 36 heavy (non-hydrogen) atoms. The second-order valence-corrected chi connectivity index (χ2v) is 12.8. The fourth-order valence-electron chi connectivity index (χ4n) is 3.45. The molecule has 6 heteroatoms. The van der Waals surface area contributed by atoms with Gasteiger partial charge in [-0.2, -0.15) is 0 Å². The van der Waals surface area contributed by atoms with Gasteiger partial charge in [0.05, 0.1) is 0 Å². The van der Waals surface area contributed by atoms with Crippen LogP contribution < -0.4 is 19.1 Å². The van der Waals surface area contributed by atoms with E-state index in [0.717, 1.165) is 0 Å². The van der Waals surface area contributed by atoms with Crippen molar-refractivity contribution in [3.63, 3.8) is 0 Å². The Bertz CT molecular complexity index is 1090. The van der Waals surface area contributed by atoms with Gasteiger partial charge in [-0.05, 0) is 0 Å². The van der Waals surface area contributed by atoms with Crippen LogP contribution in [0.15, 0.2) is 152 Å². The summed E-state index contributed by atoms with van der Waals surface area (Å²) in [5.41, 5.74) is 0. The number of rotatable bonds is 10. The zero-order valence-electron chi connectivity index (χ0n) is 19.4. The van der Waals surface area contributed by atoms with Crippen molar-refractivity contribution in [3.8, 4) is 28.7 Å². The monoisotopic (exact) mass is 546 g/mol. The minimum atomic E-state index is -5.84. The number of benzene rings is 5. The molecular formula is C30H26O5Se. The van der Waals surface area contributed by atoms with E-state index in [-0.39, 0.29) is 0 Å². The van der Waals surface area contributed by atoms with Gasteiger partial charge in [-0.25, -0.2) is 0 Å². The van der Waals surface area contributed by atoms with E-state index in [9.17, 15) is 0 Å². The van der Waals surface area contributed by atoms with Gasteiger partial charge in [0.1, 0.15) is 0 Å². The number of hydrogen-bond acceptors (Lipinski definition) is 5. The molecule has 0 saturated carbocycles. The topological polar surface area (TPSA) is 46.2 Å². The molecule has 0 heterocycles. The van der Waals surface area contributed by atoms with Crippen molar-refractivity contribution in [2.75, 3.05) is 0 Å². The number of para-hydroxylation sites is 5. The van der Waals surface area contributed by atoms with Crippen LogP contribution in [0.25, 0.3) is 0 Å². The van der Waals surface area contributed by atoms with E-state index in [1.165, 1.54) is 0 Å². The van der Waals surface area contributed by atoms with Crippen molar-refractivity contribution < 1.29 is 19.1 Å². The Morgan fingerprint density at radius 3 is 0.583 bits per heavy atom. The summed E-state index contributed by atoms with van der Waals surface area (Å²) in [7, 11) is 0. The SMILES string of the molecule is c1ccc(O[SeH](Oc2ccccc2)(Oc2ccccc2)(Oc2ccccc2)Oc2ccccc2)cc1. The molecule has 0 amide bonds. The molecule has 0 radical (unpaired) electrons. The van der Waals surface area contributed by atoms with Crippen LogP contribution >= 0.6 is 0 Å². The van der Waals surface area contributed by atoms with Crippen LogP contribution in [0.1, 0.15) is 0 Å². The average molecular weight is 545 g/mol. The van der Waals surface area contributed by atoms with E-state index in [1.807, 2.05) is 152 Å². The Hall–Kier alpha value is -4.38. The molecule has 182 valence electrons. The summed E-state index contributed by atoms with van der Waals surface area (Å²) in [4.78, 5) is 0. The summed E-state index contributed by atoms with van der Waals surface area (Å²) in [6.07, 6.45) is 0. The molecule has 0 N–H and O–H groups in total. The first-order chi connectivity index (χ1) is 17.7. The zero-order valence-corrected chi connectivity index (χ0v) is 21.3. The summed E-state index contributed by atoms with van der Waals surface area (Å²) in [5.74, 6) is 2.37. The Morgan fingerprint density at radius 2 is 0.417 bits per heavy atom. The van der Waals surface area contributed by atoms with Gasteiger partial charge in [0, 0.05) is 0 Å². The van der Waals surface area contributed by atoms with Gasteiger partial charge in [-0.1, -0.05) is 0 Å². The summed E-state index contributed by atoms with van der Waals surface area (Å²) in [5, 5.41) is 0. The fourth-order valence-corrected chi connectivity index (χ4v) is 9.12. The molecule has 0 aliphatic carbocycles. The molecule has 0 fully saturated rings. The van der Waals surface area contributed by atoms with Crippen LogP contribution in [-0.2, 0) is 0 Å². The van der Waals surface area contributed by atoms with E-state index >= 15 is 0 Å². The molecule has 0 unspecified atom stereocenters. The van der Waals surface area contributed by atoms with Gasteiger partial charge >= 0.3 is 213 Å². The van der Waals surface area contributed by atoms with Gasteiger partial charge in [-0.3, -0.25) is 0 Å². The molecule has 5 rings (SSSR count). The van der Waals surface area contributed by atoms with Gasteiger partial charge in [-0.15, -0.1) is 0 Å². The van der Waals surface area contributed by atoms with Crippen molar-refractivity contribution in [2.45, 2.75) is 0 Å². The van der Waals surface area contributed by atoms with Crippen LogP contribution in [0.3, 0.4) is 0 Å². The van der Waals surface area contributed by atoms with Crippen molar-refractivity contribution in [2.24, 2.45) is 0 Å². The quantitative estimate of drug-likeness (QED) is 0.177. The van der Waals surface area contributed by atoms with E-state index in [4.69, 9.17) is 19.1 Å². The third-order valence-electron chi connectivity index (χ3n) is 4.99. The van der Waals surface area contributed by atoms with Crippen molar-refractivity contribution in [3.05, 3.63) is 152 Å². The van der Waals surface area contributed by atoms with Crippen LogP contribution in [0.4, 0.5) is 0 Å². The van der Waals surface area contributed by atoms with Crippen LogP contribution in [0.5, 0.6) is 28.7 Å². The van der Waals surface area contributed by atoms with E-state index in [2.05, 4.69) is 0 Å². The third kappa shape index (κ3) is 5.63. The minimum absolute atomic E-state index is 0.474. The Balaban J connectivity index is 1.76. The molecule has 0 spiro atoms. The standard InChI is InChI=1S/C30H26O5Se/c1-6-16-26(17-7-1)31-36(32-27-18-8-2-9-19-27,33-28-20-10-3-11-21-28,34-29-22-12-4-13-23-29)35-30-24-14-5-15-25-30/h1-25,36H.